The van der Waals surface area contributed by atoms with Crippen molar-refractivity contribution < 1.29 is 0 Å². The van der Waals surface area contributed by atoms with E-state index in [1.54, 1.807) is 10.4 Å². The van der Waals surface area contributed by atoms with Crippen molar-refractivity contribution in [2.24, 2.45) is 0 Å². The van der Waals surface area contributed by atoms with Gasteiger partial charge in [-0.1, -0.05) is 0 Å². The molecule has 0 saturated heterocycles. The Morgan fingerprint density at radius 3 is 3.00 bits per heavy atom. The van der Waals surface area contributed by atoms with Gasteiger partial charge in [0.1, 0.15) is 0 Å². The summed E-state index contributed by atoms with van der Waals surface area (Å²) in [7, 11) is 2.03. The largest absolute Gasteiger partial charge is 0.312 e. The predicted molar refractivity (Wildman–Crippen MR) is 70.8 cm³/mol. The van der Waals surface area contributed by atoms with E-state index in [1.165, 1.54) is 30.6 Å². The first kappa shape index (κ1) is 11.7. The zero-order valence-corrected chi connectivity index (χ0v) is 10.7. The highest BCUT2D eigenvalue weighted by Gasteiger charge is 2.17. The van der Waals surface area contributed by atoms with Crippen molar-refractivity contribution in [1.29, 1.82) is 0 Å². The zero-order chi connectivity index (χ0) is 11.4. The summed E-state index contributed by atoms with van der Waals surface area (Å²) in [6.07, 6.45) is 12.5. The van der Waals surface area contributed by atoms with Crippen LogP contribution in [0.5, 0.6) is 0 Å². The Bertz CT molecular complexity index is 362. The van der Waals surface area contributed by atoms with Crippen LogP contribution >= 0.6 is 11.3 Å². The summed E-state index contributed by atoms with van der Waals surface area (Å²) in [6.45, 7) is 0. The number of rotatable bonds is 4. The second-order valence-electron chi connectivity index (χ2n) is 4.39. The summed E-state index contributed by atoms with van der Waals surface area (Å²) in [6, 6.07) is 2.85. The predicted octanol–water partition coefficient (Wildman–Crippen LogP) is 3.30. The van der Waals surface area contributed by atoms with E-state index in [4.69, 9.17) is 6.42 Å². The quantitative estimate of drug-likeness (QED) is 0.787. The molecule has 1 aliphatic carbocycles. The van der Waals surface area contributed by atoms with Crippen LogP contribution in [0.4, 0.5) is 0 Å². The van der Waals surface area contributed by atoms with Gasteiger partial charge in [0.15, 0.2) is 0 Å². The van der Waals surface area contributed by atoms with Gasteiger partial charge in [-0.15, -0.1) is 23.7 Å². The van der Waals surface area contributed by atoms with Crippen molar-refractivity contribution in [3.63, 3.8) is 0 Å². The highest BCUT2D eigenvalue weighted by atomic mass is 32.1. The highest BCUT2D eigenvalue weighted by molar-refractivity contribution is 7.12. The number of nitrogens with one attached hydrogen (secondary N) is 1. The number of hydrogen-bond acceptors (Lipinski definition) is 2. The molecule has 1 atom stereocenters. The summed E-state index contributed by atoms with van der Waals surface area (Å²) in [5.41, 5.74) is 1.59. The van der Waals surface area contributed by atoms with E-state index >= 15 is 0 Å². The molecule has 2 rings (SSSR count). The molecule has 1 aliphatic rings. The van der Waals surface area contributed by atoms with Gasteiger partial charge in [0.05, 0.1) is 0 Å². The second-order valence-corrected chi connectivity index (χ2v) is 5.56. The van der Waals surface area contributed by atoms with Crippen molar-refractivity contribution in [2.45, 2.75) is 44.6 Å². The fourth-order valence-electron chi connectivity index (χ4n) is 2.34. The summed E-state index contributed by atoms with van der Waals surface area (Å²) in [5, 5.41) is 3.38. The third kappa shape index (κ3) is 2.48. The molecule has 1 aromatic rings. The zero-order valence-electron chi connectivity index (χ0n) is 9.88. The number of terminal acetylenes is 1. The number of hydrogen-bond donors (Lipinski definition) is 1. The smallest absolute Gasteiger partial charge is 0.0421 e. The Hall–Kier alpha value is -0.780. The van der Waals surface area contributed by atoms with Gasteiger partial charge in [0.2, 0.25) is 0 Å². The first-order valence-corrected chi connectivity index (χ1v) is 6.89. The number of thiophene rings is 1. The molecule has 0 aromatic carbocycles. The third-order valence-electron chi connectivity index (χ3n) is 3.28. The van der Waals surface area contributed by atoms with Crippen molar-refractivity contribution >= 4 is 11.3 Å². The van der Waals surface area contributed by atoms with Crippen molar-refractivity contribution in [3.05, 3.63) is 21.4 Å². The Morgan fingerprint density at radius 1 is 1.50 bits per heavy atom. The molecule has 0 fully saturated rings. The van der Waals surface area contributed by atoms with Gasteiger partial charge >= 0.3 is 0 Å². The van der Waals surface area contributed by atoms with E-state index < -0.39 is 0 Å². The van der Waals surface area contributed by atoms with Crippen molar-refractivity contribution in [1.82, 2.24) is 5.32 Å². The average molecular weight is 233 g/mol. The van der Waals surface area contributed by atoms with Crippen LogP contribution in [-0.4, -0.2) is 7.05 Å². The van der Waals surface area contributed by atoms with E-state index in [2.05, 4.69) is 17.3 Å². The molecule has 1 unspecified atom stereocenters. The lowest BCUT2D eigenvalue weighted by Crippen LogP contribution is -2.14. The Morgan fingerprint density at radius 2 is 2.31 bits per heavy atom. The van der Waals surface area contributed by atoms with Crippen LogP contribution in [0.1, 0.15) is 47.0 Å². The molecule has 1 nitrogen and oxygen atoms in total. The molecule has 0 bridgehead atoms. The van der Waals surface area contributed by atoms with Gasteiger partial charge in [-0.25, -0.2) is 0 Å². The summed E-state index contributed by atoms with van der Waals surface area (Å²) in [4.78, 5) is 3.09. The van der Waals surface area contributed by atoms with Crippen LogP contribution < -0.4 is 5.32 Å². The minimum atomic E-state index is 0.451. The highest BCUT2D eigenvalue weighted by Crippen LogP contribution is 2.34. The van der Waals surface area contributed by atoms with E-state index in [1.807, 2.05) is 18.4 Å². The molecular weight excluding hydrogens is 214 g/mol. The molecular formula is C14H19NS. The minimum absolute atomic E-state index is 0.451. The fraction of sp³-hybridized carbons (Fsp3) is 0.571. The van der Waals surface area contributed by atoms with Gasteiger partial charge in [-0.3, -0.25) is 0 Å². The van der Waals surface area contributed by atoms with E-state index in [0.29, 0.717) is 6.04 Å². The van der Waals surface area contributed by atoms with Gasteiger partial charge in [-0.05, 0) is 50.8 Å². The Balaban J connectivity index is 2.12. The first-order chi connectivity index (χ1) is 7.85. The topological polar surface area (TPSA) is 12.0 Å². The van der Waals surface area contributed by atoms with Crippen LogP contribution in [0.3, 0.4) is 0 Å². The van der Waals surface area contributed by atoms with E-state index in [0.717, 1.165) is 12.8 Å². The molecule has 0 radical (unpaired) electrons. The Labute approximate surface area is 102 Å². The molecule has 1 aromatic heterocycles. The van der Waals surface area contributed by atoms with Crippen molar-refractivity contribution in [3.8, 4) is 12.3 Å². The minimum Gasteiger partial charge on any atom is -0.312 e. The maximum atomic E-state index is 5.33. The van der Waals surface area contributed by atoms with Crippen molar-refractivity contribution in [2.75, 3.05) is 7.05 Å². The van der Waals surface area contributed by atoms with Gasteiger partial charge < -0.3 is 5.32 Å². The third-order valence-corrected chi connectivity index (χ3v) is 4.64. The average Bonchev–Trinajstić information content (AvgIpc) is 2.73. The number of fused-ring (bicyclic) bond motifs is 1. The van der Waals surface area contributed by atoms with Crippen LogP contribution in [0.15, 0.2) is 6.07 Å². The van der Waals surface area contributed by atoms with Crippen LogP contribution in [0.2, 0.25) is 0 Å². The van der Waals surface area contributed by atoms with Gasteiger partial charge in [0, 0.05) is 22.2 Å². The van der Waals surface area contributed by atoms with Crippen LogP contribution in [0.25, 0.3) is 0 Å². The lowest BCUT2D eigenvalue weighted by atomic mass is 9.98. The second kappa shape index (κ2) is 5.52. The molecule has 0 aliphatic heterocycles. The maximum absolute atomic E-state index is 5.33. The summed E-state index contributed by atoms with van der Waals surface area (Å²) < 4.78 is 0. The molecule has 2 heteroatoms. The molecule has 1 heterocycles. The van der Waals surface area contributed by atoms with Gasteiger partial charge in [-0.2, -0.15) is 0 Å². The molecule has 0 spiro atoms. The van der Waals surface area contributed by atoms with E-state index in [-0.39, 0.29) is 0 Å². The molecule has 86 valence electrons. The van der Waals surface area contributed by atoms with Crippen LogP contribution in [-0.2, 0) is 12.8 Å². The monoisotopic (exact) mass is 233 g/mol. The van der Waals surface area contributed by atoms with E-state index in [9.17, 15) is 0 Å². The molecule has 1 N–H and O–H groups in total. The lowest BCUT2D eigenvalue weighted by Gasteiger charge is -2.12. The number of aryl methyl sites for hydroxylation is 2. The molecule has 0 amide bonds. The standard InChI is InChI=1S/C14H19NS/c1-3-4-8-12(15-2)14-10-11-7-5-6-9-13(11)16-14/h1,10,12,15H,4-9H2,2H3. The summed E-state index contributed by atoms with van der Waals surface area (Å²) >= 11 is 1.99. The summed E-state index contributed by atoms with van der Waals surface area (Å²) in [5.74, 6) is 2.73. The normalized spacial score (nSPS) is 16.5. The molecule has 0 saturated carbocycles. The maximum Gasteiger partial charge on any atom is 0.0421 e. The fourth-order valence-corrected chi connectivity index (χ4v) is 3.74. The first-order valence-electron chi connectivity index (χ1n) is 6.07. The molecule has 16 heavy (non-hydrogen) atoms. The van der Waals surface area contributed by atoms with Crippen LogP contribution in [0, 0.1) is 12.3 Å². The SMILES string of the molecule is C#CCCC(NC)c1cc2c(s1)CCCC2. The Kier molecular flexibility index (Phi) is 4.04. The lowest BCUT2D eigenvalue weighted by molar-refractivity contribution is 0.567. The van der Waals surface area contributed by atoms with Gasteiger partial charge in [0.25, 0.3) is 0 Å².